The molecule has 0 saturated carbocycles. The number of hydrogen-bond donors (Lipinski definition) is 1. The van der Waals surface area contributed by atoms with E-state index in [0.717, 1.165) is 13.5 Å². The third-order valence-corrected chi connectivity index (χ3v) is 1.17. The fourth-order valence-corrected chi connectivity index (χ4v) is 0.659. The number of amides is 1. The van der Waals surface area contributed by atoms with Gasteiger partial charge in [0.15, 0.2) is 12.1 Å². The van der Waals surface area contributed by atoms with Crippen molar-refractivity contribution in [2.75, 3.05) is 7.11 Å². The molecule has 0 bridgehead atoms. The summed E-state index contributed by atoms with van der Waals surface area (Å²) in [7, 11) is 1.16. The molecule has 0 fully saturated rings. The predicted octanol–water partition coefficient (Wildman–Crippen LogP) is -0.440. The topological polar surface area (TPSA) is 95.4 Å². The Morgan fingerprint density at radius 2 is 2.33 bits per heavy atom. The molecule has 1 rings (SSSR count). The number of aromatic nitrogens is 1. The Balaban J connectivity index is 3.07. The van der Waals surface area contributed by atoms with Crippen LogP contribution in [0.1, 0.15) is 21.0 Å². The summed E-state index contributed by atoms with van der Waals surface area (Å²) < 4.78 is 8.90. The van der Waals surface area contributed by atoms with E-state index in [1.807, 2.05) is 0 Å². The Morgan fingerprint density at radius 3 is 2.83 bits per heavy atom. The number of primary amides is 1. The molecule has 1 aromatic rings. The van der Waals surface area contributed by atoms with Crippen molar-refractivity contribution in [3.8, 4) is 0 Å². The lowest BCUT2D eigenvalue weighted by atomic mass is 10.3. The van der Waals surface area contributed by atoms with Gasteiger partial charge in [-0.1, -0.05) is 0 Å². The molecule has 0 aliphatic carbocycles. The molecule has 0 atom stereocenters. The molecular weight excluding hydrogens is 164 g/mol. The zero-order valence-electron chi connectivity index (χ0n) is 6.23. The van der Waals surface area contributed by atoms with E-state index in [2.05, 4.69) is 14.1 Å². The van der Waals surface area contributed by atoms with Crippen LogP contribution in [0.5, 0.6) is 0 Å². The van der Waals surface area contributed by atoms with Crippen molar-refractivity contribution in [1.29, 1.82) is 0 Å². The maximum absolute atomic E-state index is 10.8. The quantitative estimate of drug-likeness (QED) is 0.607. The first-order valence-electron chi connectivity index (χ1n) is 2.98. The number of hydrogen-bond acceptors (Lipinski definition) is 5. The van der Waals surface area contributed by atoms with Crippen molar-refractivity contribution in [3.05, 3.63) is 17.8 Å². The van der Waals surface area contributed by atoms with E-state index < -0.39 is 11.9 Å². The largest absolute Gasteiger partial charge is 0.463 e. The van der Waals surface area contributed by atoms with Gasteiger partial charge < -0.3 is 14.9 Å². The van der Waals surface area contributed by atoms with Gasteiger partial charge in [0.05, 0.1) is 7.11 Å². The summed E-state index contributed by atoms with van der Waals surface area (Å²) >= 11 is 0. The highest BCUT2D eigenvalue weighted by atomic mass is 16.5. The molecule has 1 heterocycles. The molecule has 2 N–H and O–H groups in total. The summed E-state index contributed by atoms with van der Waals surface area (Å²) in [5, 5.41) is 0. The predicted molar refractivity (Wildman–Crippen MR) is 36.4 cm³/mol. The average Bonchev–Trinajstić information content (AvgIpc) is 2.50. The van der Waals surface area contributed by atoms with Crippen molar-refractivity contribution in [2.24, 2.45) is 5.73 Å². The van der Waals surface area contributed by atoms with E-state index in [0.29, 0.717) is 0 Å². The lowest BCUT2D eigenvalue weighted by molar-refractivity contribution is 0.0561. The van der Waals surface area contributed by atoms with Gasteiger partial charge in [0.25, 0.3) is 5.91 Å². The summed E-state index contributed by atoms with van der Waals surface area (Å²) in [4.78, 5) is 24.9. The number of oxazole rings is 1. The van der Waals surface area contributed by atoms with Gasteiger partial charge in [-0.15, -0.1) is 0 Å². The minimum absolute atomic E-state index is 0.221. The summed E-state index contributed by atoms with van der Waals surface area (Å²) in [5.74, 6) is -1.88. The summed E-state index contributed by atoms with van der Waals surface area (Å²) in [5.41, 5.74) is 4.66. The number of esters is 1. The second kappa shape index (κ2) is 3.04. The van der Waals surface area contributed by atoms with Crippen molar-refractivity contribution < 1.29 is 18.7 Å². The monoisotopic (exact) mass is 170 g/mol. The summed E-state index contributed by atoms with van der Waals surface area (Å²) in [6.07, 6.45) is 0.951. The molecule has 0 aliphatic heterocycles. The number of carbonyl (C=O) groups is 2. The van der Waals surface area contributed by atoms with E-state index >= 15 is 0 Å². The van der Waals surface area contributed by atoms with Crippen LogP contribution in [0.15, 0.2) is 10.8 Å². The highest BCUT2D eigenvalue weighted by molar-refractivity contribution is 6.01. The Bertz CT molecular complexity index is 317. The molecule has 0 unspecified atom stereocenters. The smallest absolute Gasteiger partial charge is 0.376 e. The third-order valence-electron chi connectivity index (χ3n) is 1.17. The zero-order chi connectivity index (χ0) is 9.14. The number of rotatable bonds is 2. The lowest BCUT2D eigenvalue weighted by Gasteiger charge is -1.93. The van der Waals surface area contributed by atoms with Crippen LogP contribution in [0.25, 0.3) is 0 Å². The second-order valence-corrected chi connectivity index (χ2v) is 1.89. The van der Waals surface area contributed by atoms with Gasteiger partial charge in [-0.2, -0.15) is 0 Å². The van der Waals surface area contributed by atoms with Crippen molar-refractivity contribution in [2.45, 2.75) is 0 Å². The van der Waals surface area contributed by atoms with Crippen molar-refractivity contribution in [1.82, 2.24) is 4.98 Å². The number of carbonyl (C=O) groups excluding carboxylic acids is 2. The number of nitrogens with two attached hydrogens (primary N) is 1. The number of methoxy groups -OCH3 is 1. The highest BCUT2D eigenvalue weighted by Crippen LogP contribution is 2.06. The Kier molecular flexibility index (Phi) is 2.09. The summed E-state index contributed by atoms with van der Waals surface area (Å²) in [6, 6.07) is 0. The van der Waals surface area contributed by atoms with Gasteiger partial charge >= 0.3 is 5.97 Å². The standard InChI is InChI=1S/C6H6N2O4/c1-11-6(10)4-3(5(7)9)8-2-12-4/h2H,1H3,(H2,7,9). The van der Waals surface area contributed by atoms with Gasteiger partial charge in [-0.3, -0.25) is 4.79 Å². The van der Waals surface area contributed by atoms with Crippen LogP contribution in [0.4, 0.5) is 0 Å². The fourth-order valence-electron chi connectivity index (χ4n) is 0.659. The van der Waals surface area contributed by atoms with Gasteiger partial charge in [-0.25, -0.2) is 9.78 Å². The van der Waals surface area contributed by atoms with E-state index in [1.54, 1.807) is 0 Å². The zero-order valence-corrected chi connectivity index (χ0v) is 6.23. The molecule has 64 valence electrons. The number of ether oxygens (including phenoxy) is 1. The normalized spacial score (nSPS) is 9.42. The molecule has 1 aromatic heterocycles. The molecule has 6 nitrogen and oxygen atoms in total. The molecular formula is C6H6N2O4. The van der Waals surface area contributed by atoms with Gasteiger partial charge in [-0.05, 0) is 0 Å². The maximum atomic E-state index is 10.8. The van der Waals surface area contributed by atoms with E-state index in [-0.39, 0.29) is 11.5 Å². The van der Waals surface area contributed by atoms with Gasteiger partial charge in [0.2, 0.25) is 5.76 Å². The minimum atomic E-state index is -0.829. The fraction of sp³-hybridized carbons (Fsp3) is 0.167. The molecule has 0 spiro atoms. The van der Waals surface area contributed by atoms with Crippen LogP contribution >= 0.6 is 0 Å². The molecule has 0 radical (unpaired) electrons. The molecule has 0 saturated heterocycles. The molecule has 12 heavy (non-hydrogen) atoms. The van der Waals surface area contributed by atoms with Gasteiger partial charge in [0.1, 0.15) is 0 Å². The van der Waals surface area contributed by atoms with Crippen LogP contribution in [0, 0.1) is 0 Å². The highest BCUT2D eigenvalue weighted by Gasteiger charge is 2.20. The SMILES string of the molecule is COC(=O)c1ocnc1C(N)=O. The molecule has 0 aromatic carbocycles. The van der Waals surface area contributed by atoms with E-state index in [4.69, 9.17) is 5.73 Å². The maximum Gasteiger partial charge on any atom is 0.376 e. The van der Waals surface area contributed by atoms with Crippen molar-refractivity contribution in [3.63, 3.8) is 0 Å². The van der Waals surface area contributed by atoms with Crippen LogP contribution in [-0.4, -0.2) is 24.0 Å². The van der Waals surface area contributed by atoms with E-state index in [1.165, 1.54) is 0 Å². The van der Waals surface area contributed by atoms with Crippen LogP contribution < -0.4 is 5.73 Å². The Morgan fingerprint density at radius 1 is 1.67 bits per heavy atom. The van der Waals surface area contributed by atoms with Crippen LogP contribution in [-0.2, 0) is 4.74 Å². The van der Waals surface area contributed by atoms with Gasteiger partial charge in [0, 0.05) is 0 Å². The third kappa shape index (κ3) is 1.26. The first kappa shape index (κ1) is 8.25. The first-order chi connectivity index (χ1) is 5.66. The average molecular weight is 170 g/mol. The van der Waals surface area contributed by atoms with Crippen LogP contribution in [0.3, 0.4) is 0 Å². The molecule has 6 heteroatoms. The molecule has 1 amide bonds. The first-order valence-corrected chi connectivity index (χ1v) is 2.98. The Labute approximate surface area is 67.3 Å². The van der Waals surface area contributed by atoms with Crippen molar-refractivity contribution >= 4 is 11.9 Å². The van der Waals surface area contributed by atoms with E-state index in [9.17, 15) is 9.59 Å². The number of nitrogens with zero attached hydrogens (tertiary/aromatic N) is 1. The Hall–Kier alpha value is -1.85. The second-order valence-electron chi connectivity index (χ2n) is 1.89. The van der Waals surface area contributed by atoms with Crippen LogP contribution in [0.2, 0.25) is 0 Å². The molecule has 0 aliphatic rings. The lowest BCUT2D eigenvalue weighted by Crippen LogP contribution is -2.16. The summed E-state index contributed by atoms with van der Waals surface area (Å²) in [6.45, 7) is 0. The minimum Gasteiger partial charge on any atom is -0.463 e.